The predicted octanol–water partition coefficient (Wildman–Crippen LogP) is 7.54. The standard InChI is InChI=1S/C34H25Cl3N2O5S2/c1-3-43-33(41)28-29(20-8-5-4-6-9-20)38-34-39(30(28)26-10-7-13-45-26)32(40)27(46-34)16-19-14-24(37)31(25(15-19)42-2)44-18-21-11-12-22(35)17-23(21)36/h4-17,30H,3,18H2,1-2H3/b27-16-/t30-/m0/s1. The molecule has 1 aliphatic rings. The molecule has 3 heterocycles. The molecule has 0 saturated heterocycles. The van der Waals surface area contributed by atoms with Crippen LogP contribution in [0.3, 0.4) is 0 Å². The summed E-state index contributed by atoms with van der Waals surface area (Å²) in [5.41, 5.74) is 2.57. The van der Waals surface area contributed by atoms with Crippen LogP contribution in [0.4, 0.5) is 0 Å². The first-order valence-electron chi connectivity index (χ1n) is 14.0. The number of thiazole rings is 1. The maximum atomic E-state index is 14.1. The van der Waals surface area contributed by atoms with Crippen LogP contribution in [-0.4, -0.2) is 24.3 Å². The number of nitrogens with zero attached hydrogens (tertiary/aromatic N) is 2. The monoisotopic (exact) mass is 710 g/mol. The third-order valence-corrected chi connectivity index (χ3v) is 9.90. The fourth-order valence-electron chi connectivity index (χ4n) is 5.06. The van der Waals surface area contributed by atoms with Crippen molar-refractivity contribution in [3.63, 3.8) is 0 Å². The smallest absolute Gasteiger partial charge is 0.338 e. The number of ether oxygens (including phenoxy) is 3. The lowest BCUT2D eigenvalue weighted by Crippen LogP contribution is -2.39. The van der Waals surface area contributed by atoms with Gasteiger partial charge in [0.15, 0.2) is 16.3 Å². The van der Waals surface area contributed by atoms with Crippen LogP contribution in [0.5, 0.6) is 11.5 Å². The number of esters is 1. The average molecular weight is 712 g/mol. The number of halogens is 3. The molecule has 1 atom stereocenters. The van der Waals surface area contributed by atoms with E-state index < -0.39 is 12.0 Å². The normalized spacial score (nSPS) is 14.5. The predicted molar refractivity (Wildman–Crippen MR) is 184 cm³/mol. The molecule has 0 spiro atoms. The summed E-state index contributed by atoms with van der Waals surface area (Å²) in [5.74, 6) is 0.187. The van der Waals surface area contributed by atoms with Crippen LogP contribution in [0.2, 0.25) is 15.1 Å². The molecule has 6 rings (SSSR count). The van der Waals surface area contributed by atoms with E-state index in [1.807, 2.05) is 47.8 Å². The lowest BCUT2D eigenvalue weighted by Gasteiger charge is -2.24. The number of aromatic nitrogens is 1. The number of benzene rings is 3. The van der Waals surface area contributed by atoms with Gasteiger partial charge in [-0.3, -0.25) is 9.36 Å². The minimum absolute atomic E-state index is 0.138. The Bertz CT molecular complexity index is 2140. The van der Waals surface area contributed by atoms with Crippen molar-refractivity contribution >= 4 is 75.2 Å². The van der Waals surface area contributed by atoms with Crippen LogP contribution in [-0.2, 0) is 16.1 Å². The summed E-state index contributed by atoms with van der Waals surface area (Å²) in [4.78, 5) is 33.8. The molecule has 1 aliphatic heterocycles. The lowest BCUT2D eigenvalue weighted by atomic mass is 9.97. The molecule has 0 amide bonds. The third kappa shape index (κ3) is 6.38. The van der Waals surface area contributed by atoms with E-state index >= 15 is 0 Å². The largest absolute Gasteiger partial charge is 0.493 e. The second-order valence-corrected chi connectivity index (χ2v) is 13.2. The Labute approximate surface area is 287 Å². The number of rotatable bonds is 9. The van der Waals surface area contributed by atoms with Crippen LogP contribution < -0.4 is 24.4 Å². The third-order valence-electron chi connectivity index (χ3n) is 7.12. The Balaban J connectivity index is 1.46. The maximum Gasteiger partial charge on any atom is 0.338 e. The zero-order chi connectivity index (χ0) is 32.4. The van der Waals surface area contributed by atoms with E-state index in [0.717, 1.165) is 16.0 Å². The van der Waals surface area contributed by atoms with Crippen molar-refractivity contribution in [1.82, 2.24) is 4.57 Å². The van der Waals surface area contributed by atoms with E-state index in [0.29, 0.717) is 47.7 Å². The first-order valence-corrected chi connectivity index (χ1v) is 16.9. The zero-order valence-corrected chi connectivity index (χ0v) is 28.4. The molecule has 0 N–H and O–H groups in total. The van der Waals surface area contributed by atoms with Crippen molar-refractivity contribution in [3.8, 4) is 11.5 Å². The first kappa shape index (κ1) is 32.1. The van der Waals surface area contributed by atoms with Crippen LogP contribution in [0.1, 0.15) is 34.5 Å². The molecule has 0 fully saturated rings. The van der Waals surface area contributed by atoms with E-state index in [1.165, 1.54) is 29.8 Å². The second kappa shape index (κ2) is 13.9. The van der Waals surface area contributed by atoms with Crippen molar-refractivity contribution in [2.45, 2.75) is 19.6 Å². The highest BCUT2D eigenvalue weighted by molar-refractivity contribution is 7.10. The highest BCUT2D eigenvalue weighted by atomic mass is 35.5. The first-order chi connectivity index (χ1) is 22.3. The molecule has 0 bridgehead atoms. The minimum atomic E-state index is -0.721. The van der Waals surface area contributed by atoms with Gasteiger partial charge in [-0.2, -0.15) is 0 Å². The van der Waals surface area contributed by atoms with Crippen molar-refractivity contribution in [3.05, 3.63) is 140 Å². The molecule has 0 unspecified atom stereocenters. The topological polar surface area (TPSA) is 79.1 Å². The molecule has 12 heteroatoms. The van der Waals surface area contributed by atoms with Gasteiger partial charge in [-0.15, -0.1) is 11.3 Å². The molecule has 0 saturated carbocycles. The molecule has 0 aliphatic carbocycles. The van der Waals surface area contributed by atoms with Crippen molar-refractivity contribution in [1.29, 1.82) is 0 Å². The maximum absolute atomic E-state index is 14.1. The van der Waals surface area contributed by atoms with Gasteiger partial charge in [-0.1, -0.05) is 88.6 Å². The van der Waals surface area contributed by atoms with Gasteiger partial charge in [0.25, 0.3) is 5.56 Å². The number of hydrogen-bond donors (Lipinski definition) is 0. The number of carbonyl (C=O) groups is 1. The Kier molecular flexibility index (Phi) is 9.67. The number of hydrogen-bond acceptors (Lipinski definition) is 8. The van der Waals surface area contributed by atoms with Gasteiger partial charge in [-0.05, 0) is 54.3 Å². The summed E-state index contributed by atoms with van der Waals surface area (Å²) in [5, 5.41) is 3.19. The van der Waals surface area contributed by atoms with Gasteiger partial charge < -0.3 is 14.2 Å². The van der Waals surface area contributed by atoms with Crippen molar-refractivity contribution in [2.24, 2.45) is 4.99 Å². The SMILES string of the molecule is CCOC(=O)C1=C(c2ccccc2)N=c2s/c(=C\c3cc(Cl)c(OCc4ccc(Cl)cc4Cl)c(OC)c3)c(=O)n2[C@H]1c1cccs1. The van der Waals surface area contributed by atoms with E-state index in [4.69, 9.17) is 54.0 Å². The fraction of sp³-hybridized carbons (Fsp3) is 0.147. The summed E-state index contributed by atoms with van der Waals surface area (Å²) in [6, 6.07) is 21.1. The molecule has 234 valence electrons. The van der Waals surface area contributed by atoms with Crippen molar-refractivity contribution < 1.29 is 19.0 Å². The summed E-state index contributed by atoms with van der Waals surface area (Å²) >= 11 is 21.7. The van der Waals surface area contributed by atoms with E-state index in [1.54, 1.807) is 47.9 Å². The van der Waals surface area contributed by atoms with Crippen molar-refractivity contribution in [2.75, 3.05) is 13.7 Å². The van der Waals surface area contributed by atoms with Gasteiger partial charge in [0.1, 0.15) is 12.6 Å². The Morgan fingerprint density at radius 2 is 1.83 bits per heavy atom. The summed E-state index contributed by atoms with van der Waals surface area (Å²) in [6.45, 7) is 2.07. The second-order valence-electron chi connectivity index (χ2n) is 10.0. The molecular formula is C34H25Cl3N2O5S2. The highest BCUT2D eigenvalue weighted by Gasteiger charge is 2.35. The molecule has 7 nitrogen and oxygen atoms in total. The van der Waals surface area contributed by atoms with E-state index in [9.17, 15) is 9.59 Å². The van der Waals surface area contributed by atoms with Crippen LogP contribution in [0.15, 0.2) is 93.5 Å². The molecule has 3 aromatic carbocycles. The van der Waals surface area contributed by atoms with E-state index in [-0.39, 0.29) is 23.8 Å². The van der Waals surface area contributed by atoms with Gasteiger partial charge in [0.2, 0.25) is 0 Å². The molecule has 2 aromatic heterocycles. The molecule has 0 radical (unpaired) electrons. The summed E-state index contributed by atoms with van der Waals surface area (Å²) in [7, 11) is 1.51. The van der Waals surface area contributed by atoms with E-state index in [2.05, 4.69) is 0 Å². The Morgan fingerprint density at radius 1 is 1.02 bits per heavy atom. The fourth-order valence-corrected chi connectivity index (χ4v) is 7.62. The number of methoxy groups -OCH3 is 1. The zero-order valence-electron chi connectivity index (χ0n) is 24.5. The van der Waals surface area contributed by atoms with Crippen LogP contribution in [0, 0.1) is 0 Å². The highest BCUT2D eigenvalue weighted by Crippen LogP contribution is 2.39. The number of thiophene rings is 1. The van der Waals surface area contributed by atoms with Crippen LogP contribution >= 0.6 is 57.5 Å². The van der Waals surface area contributed by atoms with Gasteiger partial charge in [-0.25, -0.2) is 9.79 Å². The van der Waals surface area contributed by atoms with Gasteiger partial charge in [0, 0.05) is 26.0 Å². The minimum Gasteiger partial charge on any atom is -0.493 e. The Hall–Kier alpha value is -3.86. The summed E-state index contributed by atoms with van der Waals surface area (Å²) in [6.07, 6.45) is 1.72. The molecular weight excluding hydrogens is 687 g/mol. The lowest BCUT2D eigenvalue weighted by molar-refractivity contribution is -0.138. The molecule has 46 heavy (non-hydrogen) atoms. The number of carbonyl (C=O) groups excluding carboxylic acids is 1. The summed E-state index contributed by atoms with van der Waals surface area (Å²) < 4.78 is 19.1. The average Bonchev–Trinajstić information content (AvgIpc) is 3.69. The molecule has 5 aromatic rings. The quantitative estimate of drug-likeness (QED) is 0.148. The van der Waals surface area contributed by atoms with Crippen LogP contribution in [0.25, 0.3) is 11.8 Å². The number of fused-ring (bicyclic) bond motifs is 1. The van der Waals surface area contributed by atoms with Gasteiger partial charge in [0.05, 0.1) is 34.5 Å². The van der Waals surface area contributed by atoms with Gasteiger partial charge >= 0.3 is 5.97 Å². The Morgan fingerprint density at radius 3 is 2.52 bits per heavy atom.